The molecule has 0 N–H and O–H groups in total. The molecule has 0 bridgehead atoms. The number of rotatable bonds is 4. The lowest BCUT2D eigenvalue weighted by atomic mass is 9.99. The zero-order valence-corrected chi connectivity index (χ0v) is 15.2. The number of ether oxygens (including phenoxy) is 2. The van der Waals surface area contributed by atoms with E-state index < -0.39 is 0 Å². The second kappa shape index (κ2) is 7.04. The van der Waals surface area contributed by atoms with Crippen LogP contribution < -0.4 is 9.47 Å². The highest BCUT2D eigenvalue weighted by Gasteiger charge is 2.09. The summed E-state index contributed by atoms with van der Waals surface area (Å²) in [5.74, 6) is 1.74. The second-order valence-corrected chi connectivity index (χ2v) is 6.20. The summed E-state index contributed by atoms with van der Waals surface area (Å²) in [6.07, 6.45) is 0. The standard InChI is InChI=1S/C20H17IO2/c1-22-16-10-6-14(7-11-16)18-4-3-5-19(20(18)21)15-8-12-17(23-2)13-9-15/h3-13H,1-2H3. The van der Waals surface area contributed by atoms with Crippen LogP contribution in [0.25, 0.3) is 22.3 Å². The van der Waals surface area contributed by atoms with Gasteiger partial charge < -0.3 is 9.47 Å². The van der Waals surface area contributed by atoms with Crippen LogP contribution >= 0.6 is 22.6 Å². The monoisotopic (exact) mass is 416 g/mol. The molecular weight excluding hydrogens is 399 g/mol. The topological polar surface area (TPSA) is 18.5 Å². The van der Waals surface area contributed by atoms with Crippen molar-refractivity contribution in [2.45, 2.75) is 0 Å². The van der Waals surface area contributed by atoms with Crippen LogP contribution in [0.4, 0.5) is 0 Å². The van der Waals surface area contributed by atoms with Crippen molar-refractivity contribution in [1.82, 2.24) is 0 Å². The Hall–Kier alpha value is -2.01. The van der Waals surface area contributed by atoms with Crippen LogP contribution in [0.3, 0.4) is 0 Å². The molecule has 0 aromatic heterocycles. The summed E-state index contributed by atoms with van der Waals surface area (Å²) in [5, 5.41) is 0. The van der Waals surface area contributed by atoms with E-state index in [1.807, 2.05) is 24.3 Å². The molecule has 0 spiro atoms. The molecule has 0 unspecified atom stereocenters. The second-order valence-electron chi connectivity index (χ2n) is 5.12. The fourth-order valence-electron chi connectivity index (χ4n) is 2.52. The van der Waals surface area contributed by atoms with Gasteiger partial charge in [-0.25, -0.2) is 0 Å². The molecule has 23 heavy (non-hydrogen) atoms. The van der Waals surface area contributed by atoms with Crippen molar-refractivity contribution in [2.24, 2.45) is 0 Å². The molecule has 2 nitrogen and oxygen atoms in total. The van der Waals surface area contributed by atoms with Crippen molar-refractivity contribution >= 4 is 22.6 Å². The summed E-state index contributed by atoms with van der Waals surface area (Å²) in [6, 6.07) is 22.7. The summed E-state index contributed by atoms with van der Waals surface area (Å²) >= 11 is 2.42. The minimum Gasteiger partial charge on any atom is -0.497 e. The maximum Gasteiger partial charge on any atom is 0.118 e. The lowest BCUT2D eigenvalue weighted by Crippen LogP contribution is -1.89. The maximum atomic E-state index is 5.24. The van der Waals surface area contributed by atoms with Crippen molar-refractivity contribution in [2.75, 3.05) is 14.2 Å². The van der Waals surface area contributed by atoms with Gasteiger partial charge in [0.15, 0.2) is 0 Å². The van der Waals surface area contributed by atoms with Crippen molar-refractivity contribution in [3.05, 3.63) is 70.3 Å². The fraction of sp³-hybridized carbons (Fsp3) is 0.100. The van der Waals surface area contributed by atoms with E-state index in [9.17, 15) is 0 Å². The van der Waals surface area contributed by atoms with Crippen LogP contribution in [0.15, 0.2) is 66.7 Å². The van der Waals surface area contributed by atoms with E-state index in [2.05, 4.69) is 65.1 Å². The molecule has 0 heterocycles. The van der Waals surface area contributed by atoms with Crippen LogP contribution in [0.5, 0.6) is 11.5 Å². The summed E-state index contributed by atoms with van der Waals surface area (Å²) in [4.78, 5) is 0. The van der Waals surface area contributed by atoms with Gasteiger partial charge in [-0.2, -0.15) is 0 Å². The van der Waals surface area contributed by atoms with Crippen LogP contribution in [0.2, 0.25) is 0 Å². The predicted molar refractivity (Wildman–Crippen MR) is 103 cm³/mol. The summed E-state index contributed by atoms with van der Waals surface area (Å²) < 4.78 is 11.7. The molecule has 0 radical (unpaired) electrons. The maximum absolute atomic E-state index is 5.24. The minimum absolute atomic E-state index is 0.870. The number of hydrogen-bond acceptors (Lipinski definition) is 2. The number of hydrogen-bond donors (Lipinski definition) is 0. The zero-order chi connectivity index (χ0) is 16.2. The highest BCUT2D eigenvalue weighted by molar-refractivity contribution is 14.1. The van der Waals surface area contributed by atoms with E-state index in [0.29, 0.717) is 0 Å². The molecule has 0 saturated carbocycles. The van der Waals surface area contributed by atoms with E-state index in [1.54, 1.807) is 14.2 Å². The van der Waals surface area contributed by atoms with Gasteiger partial charge in [-0.05, 0) is 69.1 Å². The molecule has 3 rings (SSSR count). The Morgan fingerprint density at radius 2 is 1.00 bits per heavy atom. The third-order valence-corrected chi connectivity index (χ3v) is 4.96. The average molecular weight is 416 g/mol. The first-order valence-electron chi connectivity index (χ1n) is 7.30. The van der Waals surface area contributed by atoms with Crippen molar-refractivity contribution in [3.8, 4) is 33.8 Å². The van der Waals surface area contributed by atoms with Crippen LogP contribution in [0, 0.1) is 3.57 Å². The van der Waals surface area contributed by atoms with E-state index in [0.717, 1.165) is 11.5 Å². The third kappa shape index (κ3) is 3.34. The summed E-state index contributed by atoms with van der Waals surface area (Å²) in [7, 11) is 3.37. The van der Waals surface area contributed by atoms with Gasteiger partial charge in [-0.15, -0.1) is 0 Å². The molecule has 0 saturated heterocycles. The molecule has 0 aliphatic heterocycles. The molecule has 0 fully saturated rings. The first-order chi connectivity index (χ1) is 11.2. The molecule has 0 aliphatic rings. The average Bonchev–Trinajstić information content (AvgIpc) is 2.62. The quantitative estimate of drug-likeness (QED) is 0.513. The Morgan fingerprint density at radius 3 is 1.35 bits per heavy atom. The Balaban J connectivity index is 2.02. The molecule has 3 heteroatoms. The highest BCUT2D eigenvalue weighted by atomic mass is 127. The molecule has 3 aromatic rings. The SMILES string of the molecule is COc1ccc(-c2cccc(-c3ccc(OC)cc3)c2I)cc1. The van der Waals surface area contributed by atoms with Crippen LogP contribution in [-0.4, -0.2) is 14.2 Å². The Kier molecular flexibility index (Phi) is 4.86. The molecule has 3 aromatic carbocycles. The van der Waals surface area contributed by atoms with Gasteiger partial charge in [0, 0.05) is 3.57 Å². The fourth-order valence-corrected chi connectivity index (χ4v) is 3.50. The minimum atomic E-state index is 0.870. The van der Waals surface area contributed by atoms with Crippen LogP contribution in [-0.2, 0) is 0 Å². The Labute approximate surface area is 150 Å². The van der Waals surface area contributed by atoms with Crippen molar-refractivity contribution < 1.29 is 9.47 Å². The van der Waals surface area contributed by atoms with Gasteiger partial charge in [-0.1, -0.05) is 42.5 Å². The summed E-state index contributed by atoms with van der Waals surface area (Å²) in [6.45, 7) is 0. The third-order valence-electron chi connectivity index (χ3n) is 3.80. The summed E-state index contributed by atoms with van der Waals surface area (Å²) in [5.41, 5.74) is 4.82. The molecule has 116 valence electrons. The van der Waals surface area contributed by atoms with Gasteiger partial charge in [0.1, 0.15) is 11.5 Å². The molecule has 0 amide bonds. The van der Waals surface area contributed by atoms with Crippen molar-refractivity contribution in [3.63, 3.8) is 0 Å². The first kappa shape index (κ1) is 15.9. The van der Waals surface area contributed by atoms with E-state index in [-0.39, 0.29) is 0 Å². The van der Waals surface area contributed by atoms with Crippen LogP contribution in [0.1, 0.15) is 0 Å². The number of benzene rings is 3. The smallest absolute Gasteiger partial charge is 0.118 e. The van der Waals surface area contributed by atoms with Gasteiger partial charge in [0.2, 0.25) is 0 Å². The van der Waals surface area contributed by atoms with Crippen molar-refractivity contribution in [1.29, 1.82) is 0 Å². The predicted octanol–water partition coefficient (Wildman–Crippen LogP) is 5.64. The van der Waals surface area contributed by atoms with Gasteiger partial charge in [0.25, 0.3) is 0 Å². The van der Waals surface area contributed by atoms with Gasteiger partial charge in [-0.3, -0.25) is 0 Å². The van der Waals surface area contributed by atoms with Gasteiger partial charge in [0.05, 0.1) is 14.2 Å². The Bertz CT molecular complexity index is 727. The lowest BCUT2D eigenvalue weighted by Gasteiger charge is -2.11. The van der Waals surface area contributed by atoms with Gasteiger partial charge >= 0.3 is 0 Å². The number of methoxy groups -OCH3 is 2. The zero-order valence-electron chi connectivity index (χ0n) is 13.0. The highest BCUT2D eigenvalue weighted by Crippen LogP contribution is 2.34. The van der Waals surface area contributed by atoms with E-state index >= 15 is 0 Å². The molecule has 0 aliphatic carbocycles. The van der Waals surface area contributed by atoms with E-state index in [4.69, 9.17) is 9.47 Å². The van der Waals surface area contributed by atoms with E-state index in [1.165, 1.54) is 25.8 Å². The Morgan fingerprint density at radius 1 is 0.609 bits per heavy atom. The largest absolute Gasteiger partial charge is 0.497 e. The lowest BCUT2D eigenvalue weighted by molar-refractivity contribution is 0.415. The first-order valence-corrected chi connectivity index (χ1v) is 8.38. The normalized spacial score (nSPS) is 10.4. The molecular formula is C20H17IO2. The molecule has 0 atom stereocenters. The number of halogens is 1.